The smallest absolute Gasteiger partial charge is 0.416 e. The van der Waals surface area contributed by atoms with Gasteiger partial charge < -0.3 is 15.4 Å². The molecule has 0 aliphatic rings. The molecule has 2 N–H and O–H groups in total. The van der Waals surface area contributed by atoms with Crippen molar-refractivity contribution < 1.29 is 17.9 Å². The zero-order valence-corrected chi connectivity index (χ0v) is 12.1. The van der Waals surface area contributed by atoms with Crippen molar-refractivity contribution in [2.45, 2.75) is 19.5 Å². The van der Waals surface area contributed by atoms with Crippen molar-refractivity contribution in [3.8, 4) is 5.75 Å². The summed E-state index contributed by atoms with van der Waals surface area (Å²) in [5, 5.41) is 6.14. The third kappa shape index (κ3) is 6.37. The number of aliphatic imine (C=N–C) groups is 1. The van der Waals surface area contributed by atoms with E-state index < -0.39 is 11.7 Å². The lowest BCUT2D eigenvalue weighted by molar-refractivity contribution is -0.137. The van der Waals surface area contributed by atoms with E-state index in [4.69, 9.17) is 4.74 Å². The van der Waals surface area contributed by atoms with E-state index in [9.17, 15) is 13.2 Å². The fourth-order valence-electron chi connectivity index (χ4n) is 1.54. The summed E-state index contributed by atoms with van der Waals surface area (Å²) in [6.45, 7) is 3.70. The van der Waals surface area contributed by atoms with Crippen LogP contribution in [0, 0.1) is 0 Å². The molecule has 0 aromatic heterocycles. The van der Waals surface area contributed by atoms with Gasteiger partial charge in [-0.2, -0.15) is 13.2 Å². The van der Waals surface area contributed by atoms with Gasteiger partial charge in [-0.1, -0.05) is 6.92 Å². The fourth-order valence-corrected chi connectivity index (χ4v) is 1.54. The molecule has 0 aliphatic heterocycles. The second-order valence-electron chi connectivity index (χ2n) is 4.30. The molecule has 1 aromatic rings. The van der Waals surface area contributed by atoms with E-state index in [2.05, 4.69) is 15.6 Å². The van der Waals surface area contributed by atoms with Gasteiger partial charge in [-0.25, -0.2) is 0 Å². The molecule has 0 bridgehead atoms. The molecule has 1 rings (SSSR count). The highest BCUT2D eigenvalue weighted by Gasteiger charge is 2.29. The average molecular weight is 303 g/mol. The largest absolute Gasteiger partial charge is 0.492 e. The Labute approximate surface area is 122 Å². The topological polar surface area (TPSA) is 45.7 Å². The van der Waals surface area contributed by atoms with Crippen molar-refractivity contribution in [3.05, 3.63) is 29.8 Å². The molecule has 0 aliphatic carbocycles. The first kappa shape index (κ1) is 17.1. The standard InChI is InChI=1S/C14H20F3N3O/c1-3-8-19-13(18-2)20-9-10-21-12-6-4-11(5-7-12)14(15,16)17/h4-7H,3,8-10H2,1-2H3,(H2,18,19,20). The van der Waals surface area contributed by atoms with Crippen molar-refractivity contribution in [2.75, 3.05) is 26.7 Å². The number of hydrogen-bond acceptors (Lipinski definition) is 2. The van der Waals surface area contributed by atoms with Gasteiger partial charge in [-0.05, 0) is 30.7 Å². The van der Waals surface area contributed by atoms with Crippen molar-refractivity contribution in [1.82, 2.24) is 10.6 Å². The molecule has 0 fully saturated rings. The number of ether oxygens (including phenoxy) is 1. The number of benzene rings is 1. The highest BCUT2D eigenvalue weighted by atomic mass is 19.4. The Morgan fingerprint density at radius 3 is 2.29 bits per heavy atom. The monoisotopic (exact) mass is 303 g/mol. The number of nitrogens with zero attached hydrogens (tertiary/aromatic N) is 1. The molecule has 0 atom stereocenters. The molecule has 4 nitrogen and oxygen atoms in total. The number of guanidine groups is 1. The van der Waals surface area contributed by atoms with Crippen LogP contribution in [0.15, 0.2) is 29.3 Å². The Hall–Kier alpha value is -1.92. The summed E-state index contributed by atoms with van der Waals surface area (Å²) in [5.41, 5.74) is -0.683. The van der Waals surface area contributed by atoms with Crippen molar-refractivity contribution in [1.29, 1.82) is 0 Å². The lowest BCUT2D eigenvalue weighted by atomic mass is 10.2. The highest BCUT2D eigenvalue weighted by molar-refractivity contribution is 5.79. The Morgan fingerprint density at radius 1 is 1.14 bits per heavy atom. The van der Waals surface area contributed by atoms with E-state index in [1.165, 1.54) is 12.1 Å². The van der Waals surface area contributed by atoms with E-state index in [0.717, 1.165) is 25.1 Å². The molecule has 0 saturated heterocycles. The van der Waals surface area contributed by atoms with Crippen LogP contribution in [-0.2, 0) is 6.18 Å². The van der Waals surface area contributed by atoms with E-state index >= 15 is 0 Å². The number of alkyl halides is 3. The third-order valence-electron chi connectivity index (χ3n) is 2.61. The van der Waals surface area contributed by atoms with Gasteiger partial charge in [0.1, 0.15) is 12.4 Å². The summed E-state index contributed by atoms with van der Waals surface area (Å²) >= 11 is 0. The van der Waals surface area contributed by atoms with Crippen LogP contribution in [0.1, 0.15) is 18.9 Å². The number of halogens is 3. The van der Waals surface area contributed by atoms with Crippen LogP contribution in [0.2, 0.25) is 0 Å². The van der Waals surface area contributed by atoms with Crippen molar-refractivity contribution >= 4 is 5.96 Å². The molecule has 0 heterocycles. The van der Waals surface area contributed by atoms with Gasteiger partial charge in [0.2, 0.25) is 0 Å². The summed E-state index contributed by atoms with van der Waals surface area (Å²) in [5.74, 6) is 1.08. The molecule has 1 aromatic carbocycles. The lowest BCUT2D eigenvalue weighted by Crippen LogP contribution is -2.39. The molecule has 0 spiro atoms. The van der Waals surface area contributed by atoms with Crippen molar-refractivity contribution in [3.63, 3.8) is 0 Å². The predicted octanol–water partition coefficient (Wildman–Crippen LogP) is 2.66. The van der Waals surface area contributed by atoms with Gasteiger partial charge >= 0.3 is 6.18 Å². The Bertz CT molecular complexity index is 444. The molecule has 0 radical (unpaired) electrons. The SMILES string of the molecule is CCCNC(=NC)NCCOc1ccc(C(F)(F)F)cc1. The second kappa shape index (κ2) is 8.39. The number of hydrogen-bond donors (Lipinski definition) is 2. The van der Waals surface area contributed by atoms with E-state index in [1.807, 2.05) is 6.92 Å². The van der Waals surface area contributed by atoms with Gasteiger partial charge in [0.15, 0.2) is 5.96 Å². The van der Waals surface area contributed by atoms with Crippen molar-refractivity contribution in [2.24, 2.45) is 4.99 Å². The molecule has 0 unspecified atom stereocenters. The molecular weight excluding hydrogens is 283 g/mol. The quantitative estimate of drug-likeness (QED) is 0.482. The average Bonchev–Trinajstić information content (AvgIpc) is 2.46. The van der Waals surface area contributed by atoms with E-state index in [0.29, 0.717) is 24.9 Å². The van der Waals surface area contributed by atoms with E-state index in [-0.39, 0.29) is 0 Å². The first-order chi connectivity index (χ1) is 9.97. The lowest BCUT2D eigenvalue weighted by Gasteiger charge is -2.12. The van der Waals surface area contributed by atoms with Gasteiger partial charge in [-0.3, -0.25) is 4.99 Å². The Balaban J connectivity index is 2.33. The second-order valence-corrected chi connectivity index (χ2v) is 4.30. The summed E-state index contributed by atoms with van der Waals surface area (Å²) in [6, 6.07) is 4.63. The highest BCUT2D eigenvalue weighted by Crippen LogP contribution is 2.30. The molecule has 0 amide bonds. The van der Waals surface area contributed by atoms with Crippen LogP contribution in [0.4, 0.5) is 13.2 Å². The maximum Gasteiger partial charge on any atom is 0.416 e. The van der Waals surface area contributed by atoms with E-state index in [1.54, 1.807) is 7.05 Å². The third-order valence-corrected chi connectivity index (χ3v) is 2.61. The number of rotatable bonds is 6. The van der Waals surface area contributed by atoms with Gasteiger partial charge in [-0.15, -0.1) is 0 Å². The summed E-state index contributed by atoms with van der Waals surface area (Å²) in [4.78, 5) is 4.02. The normalized spacial score (nSPS) is 12.1. The maximum atomic E-state index is 12.4. The molecule has 118 valence electrons. The zero-order valence-electron chi connectivity index (χ0n) is 12.1. The van der Waals surface area contributed by atoms with Gasteiger partial charge in [0, 0.05) is 13.6 Å². The van der Waals surface area contributed by atoms with Crippen LogP contribution in [0.5, 0.6) is 5.75 Å². The molecule has 21 heavy (non-hydrogen) atoms. The van der Waals surface area contributed by atoms with Crippen LogP contribution < -0.4 is 15.4 Å². The minimum absolute atomic E-state index is 0.332. The van der Waals surface area contributed by atoms with Crippen LogP contribution in [0.3, 0.4) is 0 Å². The summed E-state index contributed by atoms with van der Waals surface area (Å²) in [6.07, 6.45) is -3.33. The Morgan fingerprint density at radius 2 is 1.76 bits per heavy atom. The fraction of sp³-hybridized carbons (Fsp3) is 0.500. The van der Waals surface area contributed by atoms with Crippen LogP contribution >= 0.6 is 0 Å². The predicted molar refractivity (Wildman–Crippen MR) is 76.6 cm³/mol. The minimum Gasteiger partial charge on any atom is -0.492 e. The van der Waals surface area contributed by atoms with Gasteiger partial charge in [0.05, 0.1) is 12.1 Å². The Kier molecular flexibility index (Phi) is 6.84. The minimum atomic E-state index is -4.32. The molecule has 0 saturated carbocycles. The van der Waals surface area contributed by atoms with Gasteiger partial charge in [0.25, 0.3) is 0 Å². The first-order valence-corrected chi connectivity index (χ1v) is 6.72. The number of nitrogens with one attached hydrogen (secondary N) is 2. The molecular formula is C14H20F3N3O. The summed E-state index contributed by atoms with van der Waals surface area (Å²) < 4.78 is 42.5. The van der Waals surface area contributed by atoms with Crippen LogP contribution in [-0.4, -0.2) is 32.7 Å². The summed E-state index contributed by atoms with van der Waals surface area (Å²) in [7, 11) is 1.67. The maximum absolute atomic E-state index is 12.4. The molecule has 7 heteroatoms. The first-order valence-electron chi connectivity index (χ1n) is 6.72. The zero-order chi connectivity index (χ0) is 15.7. The van der Waals surface area contributed by atoms with Crippen LogP contribution in [0.25, 0.3) is 0 Å².